The quantitative estimate of drug-likeness (QED) is 0.415. The molecular formula is C22H20BrN3O3. The van der Waals surface area contributed by atoms with Crippen LogP contribution in [0, 0.1) is 6.92 Å². The van der Waals surface area contributed by atoms with Crippen LogP contribution < -0.4 is 14.8 Å². The van der Waals surface area contributed by atoms with Crippen LogP contribution >= 0.6 is 15.9 Å². The third kappa shape index (κ3) is 3.61. The predicted molar refractivity (Wildman–Crippen MR) is 118 cm³/mol. The summed E-state index contributed by atoms with van der Waals surface area (Å²) in [6, 6.07) is 15.4. The summed E-state index contributed by atoms with van der Waals surface area (Å²) >= 11 is 3.47. The maximum absolute atomic E-state index is 10.3. The molecule has 2 N–H and O–H groups in total. The molecule has 6 nitrogen and oxygen atoms in total. The van der Waals surface area contributed by atoms with Crippen LogP contribution in [0.25, 0.3) is 16.9 Å². The second kappa shape index (κ2) is 7.67. The first kappa shape index (κ1) is 19.1. The van der Waals surface area contributed by atoms with Crippen LogP contribution in [0.5, 0.6) is 17.2 Å². The number of hydrogen-bond donors (Lipinski definition) is 2. The Balaban J connectivity index is 1.93. The average Bonchev–Trinajstić information content (AvgIpc) is 3.07. The van der Waals surface area contributed by atoms with Gasteiger partial charge in [-0.3, -0.25) is 4.40 Å². The summed E-state index contributed by atoms with van der Waals surface area (Å²) in [6.07, 6.45) is 2.03. The Morgan fingerprint density at radius 1 is 1.00 bits per heavy atom. The number of imidazole rings is 1. The zero-order valence-electron chi connectivity index (χ0n) is 16.2. The zero-order valence-corrected chi connectivity index (χ0v) is 17.8. The lowest BCUT2D eigenvalue weighted by Crippen LogP contribution is -1.98. The predicted octanol–water partition coefficient (Wildman–Crippen LogP) is 5.54. The van der Waals surface area contributed by atoms with Gasteiger partial charge in [0.2, 0.25) is 5.75 Å². The smallest absolute Gasteiger partial charge is 0.200 e. The highest BCUT2D eigenvalue weighted by atomic mass is 79.9. The van der Waals surface area contributed by atoms with E-state index in [9.17, 15) is 5.11 Å². The minimum Gasteiger partial charge on any atom is -0.502 e. The maximum Gasteiger partial charge on any atom is 0.200 e. The summed E-state index contributed by atoms with van der Waals surface area (Å²) in [7, 11) is 3.01. The number of halogens is 1. The lowest BCUT2D eigenvalue weighted by Gasteiger charge is -2.13. The topological polar surface area (TPSA) is 68.0 Å². The van der Waals surface area contributed by atoms with E-state index in [1.54, 1.807) is 12.1 Å². The number of fused-ring (bicyclic) bond motifs is 1. The molecule has 0 fully saturated rings. The van der Waals surface area contributed by atoms with Crippen LogP contribution in [-0.2, 0) is 0 Å². The number of nitrogens with zero attached hydrogens (tertiary/aromatic N) is 2. The van der Waals surface area contributed by atoms with Crippen LogP contribution in [0.15, 0.2) is 59.2 Å². The van der Waals surface area contributed by atoms with E-state index in [1.165, 1.54) is 14.2 Å². The Morgan fingerprint density at radius 2 is 1.66 bits per heavy atom. The minimum atomic E-state index is -0.0409. The van der Waals surface area contributed by atoms with Gasteiger partial charge in [0.25, 0.3) is 0 Å². The number of phenolic OH excluding ortho intramolecular Hbond substituents is 1. The van der Waals surface area contributed by atoms with Gasteiger partial charge in [0.15, 0.2) is 11.5 Å². The van der Waals surface area contributed by atoms with E-state index in [0.717, 1.165) is 38.4 Å². The molecule has 0 saturated carbocycles. The molecule has 0 unspecified atom stereocenters. The second-order valence-corrected chi connectivity index (χ2v) is 7.52. The van der Waals surface area contributed by atoms with Crippen molar-refractivity contribution in [3.8, 4) is 28.5 Å². The van der Waals surface area contributed by atoms with Gasteiger partial charge < -0.3 is 19.9 Å². The van der Waals surface area contributed by atoms with Gasteiger partial charge in [-0.05, 0) is 55.0 Å². The van der Waals surface area contributed by atoms with E-state index >= 15 is 0 Å². The summed E-state index contributed by atoms with van der Waals surface area (Å²) in [5, 5.41) is 13.7. The lowest BCUT2D eigenvalue weighted by atomic mass is 10.1. The average molecular weight is 454 g/mol. The molecule has 0 aliphatic rings. The van der Waals surface area contributed by atoms with Crippen molar-refractivity contribution in [1.82, 2.24) is 9.38 Å². The number of methoxy groups -OCH3 is 2. The molecule has 0 amide bonds. The number of pyridine rings is 1. The molecule has 0 radical (unpaired) electrons. The highest BCUT2D eigenvalue weighted by molar-refractivity contribution is 9.10. The monoisotopic (exact) mass is 453 g/mol. The van der Waals surface area contributed by atoms with Gasteiger partial charge in [0.1, 0.15) is 17.2 Å². The SMILES string of the molecule is COc1cc(-c2nc3ccc(C)cn3c2Nc2ccc(Br)cc2)cc(OC)c1O. The van der Waals surface area contributed by atoms with Gasteiger partial charge in [-0.25, -0.2) is 4.98 Å². The summed E-state index contributed by atoms with van der Waals surface area (Å²) in [6.45, 7) is 2.04. The molecule has 0 spiro atoms. The first-order valence-electron chi connectivity index (χ1n) is 8.97. The largest absolute Gasteiger partial charge is 0.502 e. The van der Waals surface area contributed by atoms with Crippen LogP contribution in [0.1, 0.15) is 5.56 Å². The third-order valence-electron chi connectivity index (χ3n) is 4.63. The maximum atomic E-state index is 10.3. The van der Waals surface area contributed by atoms with Gasteiger partial charge in [-0.15, -0.1) is 0 Å². The first-order valence-corrected chi connectivity index (χ1v) is 9.76. The van der Waals surface area contributed by atoms with E-state index in [4.69, 9.17) is 14.5 Å². The van der Waals surface area contributed by atoms with Crippen LogP contribution in [0.3, 0.4) is 0 Å². The van der Waals surface area contributed by atoms with Gasteiger partial charge in [-0.1, -0.05) is 22.0 Å². The van der Waals surface area contributed by atoms with E-state index in [0.29, 0.717) is 11.5 Å². The number of rotatable bonds is 5. The number of benzene rings is 2. The normalized spacial score (nSPS) is 10.9. The van der Waals surface area contributed by atoms with Gasteiger partial charge >= 0.3 is 0 Å². The molecular weight excluding hydrogens is 434 g/mol. The fourth-order valence-corrected chi connectivity index (χ4v) is 3.44. The Hall–Kier alpha value is -3.19. The number of phenols is 1. The van der Waals surface area contributed by atoms with Crippen molar-refractivity contribution < 1.29 is 14.6 Å². The highest BCUT2D eigenvalue weighted by Crippen LogP contribution is 2.42. The Kier molecular flexibility index (Phi) is 5.07. The molecule has 0 atom stereocenters. The second-order valence-electron chi connectivity index (χ2n) is 6.60. The first-order chi connectivity index (χ1) is 14.0. The molecule has 0 saturated heterocycles. The summed E-state index contributed by atoms with van der Waals surface area (Å²) in [5.41, 5.74) is 4.32. The molecule has 7 heteroatoms. The number of hydrogen-bond acceptors (Lipinski definition) is 5. The number of aromatic nitrogens is 2. The van der Waals surface area contributed by atoms with E-state index < -0.39 is 0 Å². The fourth-order valence-electron chi connectivity index (χ4n) is 3.17. The molecule has 29 heavy (non-hydrogen) atoms. The van der Waals surface area contributed by atoms with Crippen LogP contribution in [0.4, 0.5) is 11.5 Å². The summed E-state index contributed by atoms with van der Waals surface area (Å²) in [4.78, 5) is 4.82. The van der Waals surface area contributed by atoms with E-state index in [2.05, 4.69) is 21.2 Å². The van der Waals surface area contributed by atoms with Crippen molar-refractivity contribution in [3.63, 3.8) is 0 Å². The lowest BCUT2D eigenvalue weighted by molar-refractivity contribution is 0.340. The van der Waals surface area contributed by atoms with Gasteiger partial charge in [0, 0.05) is 21.9 Å². The third-order valence-corrected chi connectivity index (χ3v) is 5.16. The molecule has 2 aromatic carbocycles. The molecule has 4 rings (SSSR count). The standard InChI is InChI=1S/C22H20BrN3O3/c1-13-4-9-19-25-20(14-10-17(28-2)21(27)18(11-14)29-3)22(26(19)12-13)24-16-7-5-15(23)6-8-16/h4-12,24,27H,1-3H3. The summed E-state index contributed by atoms with van der Waals surface area (Å²) < 4.78 is 13.7. The molecule has 2 heterocycles. The van der Waals surface area contributed by atoms with Crippen molar-refractivity contribution >= 4 is 33.1 Å². The van der Waals surface area contributed by atoms with Crippen LogP contribution in [-0.4, -0.2) is 28.7 Å². The molecule has 4 aromatic rings. The van der Waals surface area contributed by atoms with Crippen molar-refractivity contribution in [1.29, 1.82) is 0 Å². The Labute approximate surface area is 176 Å². The number of aromatic hydroxyl groups is 1. The Bertz CT molecular complexity index is 1160. The molecule has 0 bridgehead atoms. The van der Waals surface area contributed by atoms with Crippen molar-refractivity contribution in [2.45, 2.75) is 6.92 Å². The van der Waals surface area contributed by atoms with Crippen molar-refractivity contribution in [2.24, 2.45) is 0 Å². The number of anilines is 2. The molecule has 0 aliphatic carbocycles. The highest BCUT2D eigenvalue weighted by Gasteiger charge is 2.19. The van der Waals surface area contributed by atoms with E-state index in [-0.39, 0.29) is 5.75 Å². The van der Waals surface area contributed by atoms with Crippen molar-refractivity contribution in [2.75, 3.05) is 19.5 Å². The van der Waals surface area contributed by atoms with Crippen molar-refractivity contribution in [3.05, 3.63) is 64.8 Å². The fraction of sp³-hybridized carbons (Fsp3) is 0.136. The minimum absolute atomic E-state index is 0.0409. The van der Waals surface area contributed by atoms with Crippen LogP contribution in [0.2, 0.25) is 0 Å². The molecule has 0 aliphatic heterocycles. The number of aryl methyl sites for hydroxylation is 1. The zero-order chi connectivity index (χ0) is 20.5. The number of ether oxygens (including phenoxy) is 2. The Morgan fingerprint density at radius 3 is 2.28 bits per heavy atom. The molecule has 2 aromatic heterocycles. The number of nitrogens with one attached hydrogen (secondary N) is 1. The molecule has 148 valence electrons. The van der Waals surface area contributed by atoms with Gasteiger partial charge in [0.05, 0.1) is 14.2 Å². The summed E-state index contributed by atoms with van der Waals surface area (Å²) in [5.74, 6) is 1.41. The van der Waals surface area contributed by atoms with Gasteiger partial charge in [-0.2, -0.15) is 0 Å². The van der Waals surface area contributed by atoms with E-state index in [1.807, 2.05) is 53.9 Å².